The molecular formula is C9H4Cl2F6. The van der Waals surface area contributed by atoms with Gasteiger partial charge in [0.25, 0.3) is 5.13 Å². The number of benzene rings is 1. The lowest BCUT2D eigenvalue weighted by Crippen LogP contribution is -2.31. The van der Waals surface area contributed by atoms with Gasteiger partial charge in [0.2, 0.25) is 0 Å². The lowest BCUT2D eigenvalue weighted by Gasteiger charge is -2.23. The molecule has 0 bridgehead atoms. The third-order valence-electron chi connectivity index (χ3n) is 1.93. The van der Waals surface area contributed by atoms with Crippen LogP contribution in [0.2, 0.25) is 0 Å². The van der Waals surface area contributed by atoms with Gasteiger partial charge in [-0.05, 0) is 23.7 Å². The zero-order valence-electron chi connectivity index (χ0n) is 7.83. The van der Waals surface area contributed by atoms with E-state index >= 15 is 0 Å². The van der Waals surface area contributed by atoms with Crippen LogP contribution in [0.5, 0.6) is 0 Å². The quantitative estimate of drug-likeness (QED) is 0.538. The average Bonchev–Trinajstić information content (AvgIpc) is 2.15. The highest BCUT2D eigenvalue weighted by atomic mass is 35.5. The van der Waals surface area contributed by atoms with Gasteiger partial charge in [-0.25, -0.2) is 4.39 Å². The van der Waals surface area contributed by atoms with Gasteiger partial charge in [0.15, 0.2) is 0 Å². The molecule has 0 spiro atoms. The number of alkyl halides is 8. The van der Waals surface area contributed by atoms with E-state index in [0.717, 1.165) is 0 Å². The monoisotopic (exact) mass is 296 g/mol. The fourth-order valence-corrected chi connectivity index (χ4v) is 1.27. The van der Waals surface area contributed by atoms with Crippen LogP contribution in [-0.4, -0.2) is 5.38 Å². The molecule has 1 aromatic carbocycles. The summed E-state index contributed by atoms with van der Waals surface area (Å²) >= 11 is 9.30. The highest BCUT2D eigenvalue weighted by Crippen LogP contribution is 2.47. The fourth-order valence-electron chi connectivity index (χ4n) is 1.03. The van der Waals surface area contributed by atoms with Crippen molar-refractivity contribution in [1.82, 2.24) is 0 Å². The minimum Gasteiger partial charge on any atom is -0.212 e. The third kappa shape index (κ3) is 2.98. The zero-order valence-corrected chi connectivity index (χ0v) is 9.34. The third-order valence-corrected chi connectivity index (χ3v) is 2.74. The standard InChI is InChI=1S/C9H4Cl2F6/c10-7(12,9(11,16)17)5-1-3-6(4-2-5)8(13,14)15/h1-4H. The Bertz CT molecular complexity index is 389. The minimum absolute atomic E-state index is 0.439. The van der Waals surface area contributed by atoms with Crippen molar-refractivity contribution < 1.29 is 26.3 Å². The average molecular weight is 297 g/mol. The molecular weight excluding hydrogens is 293 g/mol. The highest BCUT2D eigenvalue weighted by molar-refractivity contribution is 6.32. The largest absolute Gasteiger partial charge is 0.416 e. The van der Waals surface area contributed by atoms with E-state index in [1.807, 2.05) is 0 Å². The summed E-state index contributed by atoms with van der Waals surface area (Å²) in [4.78, 5) is 0. The summed E-state index contributed by atoms with van der Waals surface area (Å²) in [5, 5.41) is -8.20. The molecule has 1 unspecified atom stereocenters. The predicted molar refractivity (Wildman–Crippen MR) is 50.9 cm³/mol. The Labute approximate surface area is 102 Å². The van der Waals surface area contributed by atoms with Crippen molar-refractivity contribution in [2.24, 2.45) is 0 Å². The molecule has 0 aliphatic carbocycles. The van der Waals surface area contributed by atoms with Gasteiger partial charge in [-0.1, -0.05) is 23.7 Å². The normalized spacial score (nSPS) is 16.7. The molecule has 0 heterocycles. The summed E-state index contributed by atoms with van der Waals surface area (Å²) < 4.78 is 74.9. The van der Waals surface area contributed by atoms with Crippen molar-refractivity contribution in [2.75, 3.05) is 0 Å². The van der Waals surface area contributed by atoms with Gasteiger partial charge in [-0.3, -0.25) is 0 Å². The minimum atomic E-state index is -4.65. The predicted octanol–water partition coefficient (Wildman–Crippen LogP) is 4.90. The van der Waals surface area contributed by atoms with Crippen LogP contribution in [0.3, 0.4) is 0 Å². The van der Waals surface area contributed by atoms with Gasteiger partial charge in [-0.15, -0.1) is 0 Å². The Kier molecular flexibility index (Phi) is 3.60. The molecule has 0 aliphatic rings. The van der Waals surface area contributed by atoms with Crippen LogP contribution in [0.4, 0.5) is 26.3 Å². The highest BCUT2D eigenvalue weighted by Gasteiger charge is 2.54. The Morgan fingerprint density at radius 2 is 1.06 bits per heavy atom. The molecule has 0 saturated heterocycles. The number of hydrogen-bond donors (Lipinski definition) is 0. The summed E-state index contributed by atoms with van der Waals surface area (Å²) in [5.41, 5.74) is -1.96. The second-order valence-corrected chi connectivity index (χ2v) is 4.14. The van der Waals surface area contributed by atoms with Crippen molar-refractivity contribution in [3.05, 3.63) is 35.4 Å². The van der Waals surface area contributed by atoms with Gasteiger partial charge in [0, 0.05) is 5.56 Å². The number of hydrogen-bond acceptors (Lipinski definition) is 0. The molecule has 0 radical (unpaired) electrons. The molecule has 0 saturated carbocycles. The summed E-state index contributed by atoms with van der Waals surface area (Å²) in [6.45, 7) is 0. The summed E-state index contributed by atoms with van der Waals surface area (Å²) in [6.07, 6.45) is -4.65. The first-order valence-corrected chi connectivity index (χ1v) is 4.84. The molecule has 0 fully saturated rings. The van der Waals surface area contributed by atoms with Crippen molar-refractivity contribution in [2.45, 2.75) is 16.7 Å². The van der Waals surface area contributed by atoms with Crippen LogP contribution in [-0.2, 0) is 11.3 Å². The Morgan fingerprint density at radius 1 is 0.706 bits per heavy atom. The molecule has 17 heavy (non-hydrogen) atoms. The molecule has 0 N–H and O–H groups in total. The maximum absolute atomic E-state index is 13.4. The van der Waals surface area contributed by atoms with Crippen LogP contribution in [0.25, 0.3) is 0 Å². The fraction of sp³-hybridized carbons (Fsp3) is 0.333. The van der Waals surface area contributed by atoms with Crippen LogP contribution < -0.4 is 0 Å². The SMILES string of the molecule is FC(F)(F)c1ccc(C(F)(Cl)C(F)(F)Cl)cc1. The van der Waals surface area contributed by atoms with Crippen molar-refractivity contribution in [3.8, 4) is 0 Å². The van der Waals surface area contributed by atoms with Crippen molar-refractivity contribution in [1.29, 1.82) is 0 Å². The first-order chi connectivity index (χ1) is 7.46. The maximum atomic E-state index is 13.4. The topological polar surface area (TPSA) is 0 Å². The van der Waals surface area contributed by atoms with E-state index < -0.39 is 27.8 Å². The Morgan fingerprint density at radius 3 is 1.35 bits per heavy atom. The Balaban J connectivity index is 3.12. The molecule has 1 rings (SSSR count). The van der Waals surface area contributed by atoms with E-state index in [1.165, 1.54) is 0 Å². The zero-order chi connectivity index (χ0) is 13.5. The van der Waals surface area contributed by atoms with Gasteiger partial charge in [-0.2, -0.15) is 22.0 Å². The molecule has 0 amide bonds. The smallest absolute Gasteiger partial charge is 0.212 e. The van der Waals surface area contributed by atoms with E-state index in [0.29, 0.717) is 24.3 Å². The van der Waals surface area contributed by atoms with Crippen LogP contribution >= 0.6 is 23.2 Å². The molecule has 1 aromatic rings. The first-order valence-electron chi connectivity index (χ1n) is 4.08. The van der Waals surface area contributed by atoms with E-state index in [9.17, 15) is 26.3 Å². The molecule has 1 atom stereocenters. The van der Waals surface area contributed by atoms with Crippen LogP contribution in [0.15, 0.2) is 24.3 Å². The van der Waals surface area contributed by atoms with E-state index in [1.54, 1.807) is 0 Å². The second-order valence-electron chi connectivity index (χ2n) is 3.15. The Hall–Kier alpha value is -0.620. The molecule has 96 valence electrons. The molecule has 0 aromatic heterocycles. The van der Waals surface area contributed by atoms with Crippen LogP contribution in [0.1, 0.15) is 11.1 Å². The first kappa shape index (κ1) is 14.4. The van der Waals surface area contributed by atoms with Gasteiger partial charge in [0.1, 0.15) is 0 Å². The molecule has 0 nitrogen and oxygen atoms in total. The van der Waals surface area contributed by atoms with E-state index in [4.69, 9.17) is 11.6 Å². The van der Waals surface area contributed by atoms with Crippen molar-refractivity contribution >= 4 is 23.2 Å². The summed E-state index contributed by atoms with van der Waals surface area (Å²) in [5.74, 6) is 0. The molecule has 8 heteroatoms. The number of rotatable bonds is 2. The second kappa shape index (κ2) is 4.24. The molecule has 0 aliphatic heterocycles. The maximum Gasteiger partial charge on any atom is 0.416 e. The lowest BCUT2D eigenvalue weighted by atomic mass is 10.1. The summed E-state index contributed by atoms with van der Waals surface area (Å²) in [6, 6.07) is 1.89. The van der Waals surface area contributed by atoms with Crippen molar-refractivity contribution in [3.63, 3.8) is 0 Å². The van der Waals surface area contributed by atoms with E-state index in [2.05, 4.69) is 11.6 Å². The van der Waals surface area contributed by atoms with Gasteiger partial charge in [0.05, 0.1) is 5.56 Å². The number of halogens is 8. The van der Waals surface area contributed by atoms with Gasteiger partial charge < -0.3 is 0 Å². The van der Waals surface area contributed by atoms with Gasteiger partial charge >= 0.3 is 11.6 Å². The summed E-state index contributed by atoms with van der Waals surface area (Å²) in [7, 11) is 0. The van der Waals surface area contributed by atoms with E-state index in [-0.39, 0.29) is 0 Å². The lowest BCUT2D eigenvalue weighted by molar-refractivity contribution is -0.137. The van der Waals surface area contributed by atoms with Crippen LogP contribution in [0, 0.1) is 0 Å².